The lowest BCUT2D eigenvalue weighted by atomic mass is 10.0. The Hall–Kier alpha value is -3.16. The van der Waals surface area contributed by atoms with Crippen LogP contribution in [0.5, 0.6) is 0 Å². The highest BCUT2D eigenvalue weighted by Crippen LogP contribution is 2.14. The van der Waals surface area contributed by atoms with Gasteiger partial charge in [0.05, 0.1) is 11.1 Å². The molecule has 0 fully saturated rings. The van der Waals surface area contributed by atoms with E-state index >= 15 is 0 Å². The molecule has 0 radical (unpaired) electrons. The molecule has 8 nitrogen and oxygen atoms in total. The molecule has 0 amide bonds. The zero-order chi connectivity index (χ0) is 29.1. The normalized spacial score (nSPS) is 10.2. The summed E-state index contributed by atoms with van der Waals surface area (Å²) in [6, 6.07) is 5.48. The largest absolute Gasteiger partial charge is 0.478 e. The van der Waals surface area contributed by atoms with Crippen LogP contribution in [0.4, 0.5) is 0 Å². The van der Waals surface area contributed by atoms with Crippen molar-refractivity contribution < 1.29 is 38.9 Å². The molecule has 0 spiro atoms. The maximum Gasteiger partial charge on any atom is 0.336 e. The summed E-state index contributed by atoms with van der Waals surface area (Å²) in [5.41, 5.74) is -0.380. The van der Waals surface area contributed by atoms with Gasteiger partial charge in [-0.3, -0.25) is 4.79 Å². The Morgan fingerprint density at radius 1 is 0.667 bits per heavy atom. The number of hydrogen-bond donors (Lipinski definition) is 2. The minimum Gasteiger partial charge on any atom is -0.478 e. The molecule has 0 aliphatic rings. The number of carboxylic acids is 2. The van der Waals surface area contributed by atoms with Crippen molar-refractivity contribution in [3.05, 3.63) is 48.0 Å². The lowest BCUT2D eigenvalue weighted by Gasteiger charge is -2.05. The van der Waals surface area contributed by atoms with Crippen LogP contribution in [0, 0.1) is 0 Å². The fraction of sp³-hybridized carbons (Fsp3) is 0.613. The van der Waals surface area contributed by atoms with Crippen LogP contribution in [0.1, 0.15) is 130 Å². The lowest BCUT2D eigenvalue weighted by Crippen LogP contribution is -2.12. The summed E-state index contributed by atoms with van der Waals surface area (Å²) < 4.78 is 9.74. The van der Waals surface area contributed by atoms with Gasteiger partial charge in [0, 0.05) is 12.5 Å². The third-order valence-corrected chi connectivity index (χ3v) is 6.13. The molecule has 0 aliphatic heterocycles. The van der Waals surface area contributed by atoms with E-state index in [-0.39, 0.29) is 30.3 Å². The first-order valence-electron chi connectivity index (χ1n) is 14.3. The van der Waals surface area contributed by atoms with Gasteiger partial charge in [-0.15, -0.1) is 0 Å². The molecular weight excluding hydrogens is 500 g/mol. The van der Waals surface area contributed by atoms with Crippen LogP contribution in [0.3, 0.4) is 0 Å². The van der Waals surface area contributed by atoms with Gasteiger partial charge in [0.2, 0.25) is 0 Å². The van der Waals surface area contributed by atoms with E-state index in [1.807, 2.05) is 0 Å². The van der Waals surface area contributed by atoms with Crippen molar-refractivity contribution in [2.75, 3.05) is 13.2 Å². The first-order chi connectivity index (χ1) is 18.8. The van der Waals surface area contributed by atoms with Crippen LogP contribution in [0.25, 0.3) is 0 Å². The molecular formula is C31H48O8. The minimum atomic E-state index is -1.23. The van der Waals surface area contributed by atoms with Crippen LogP contribution in [-0.2, 0) is 19.1 Å². The predicted octanol–water partition coefficient (Wildman–Crippen LogP) is 7.60. The van der Waals surface area contributed by atoms with Crippen LogP contribution in [0.15, 0.2) is 36.9 Å². The minimum absolute atomic E-state index is 0.0927. The van der Waals surface area contributed by atoms with Gasteiger partial charge in [-0.25, -0.2) is 14.4 Å². The van der Waals surface area contributed by atoms with Crippen molar-refractivity contribution in [2.45, 2.75) is 110 Å². The van der Waals surface area contributed by atoms with E-state index in [1.54, 1.807) is 0 Å². The summed E-state index contributed by atoms with van der Waals surface area (Å²) in [4.78, 5) is 43.2. The summed E-state index contributed by atoms with van der Waals surface area (Å²) in [7, 11) is 0. The Morgan fingerprint density at radius 3 is 1.44 bits per heavy atom. The van der Waals surface area contributed by atoms with Crippen molar-refractivity contribution in [1.82, 2.24) is 0 Å². The summed E-state index contributed by atoms with van der Waals surface area (Å²) in [6.07, 6.45) is 21.2. The molecule has 1 aromatic carbocycles. The number of unbranched alkanes of at least 4 members (excludes halogenated alkanes) is 14. The molecule has 1 aromatic rings. The van der Waals surface area contributed by atoms with E-state index in [0.29, 0.717) is 6.42 Å². The number of esters is 2. The van der Waals surface area contributed by atoms with Gasteiger partial charge < -0.3 is 19.7 Å². The summed E-state index contributed by atoms with van der Waals surface area (Å²) in [5, 5.41) is 17.1. The fourth-order valence-corrected chi connectivity index (χ4v) is 3.93. The number of rotatable bonds is 22. The molecule has 0 saturated heterocycles. The molecule has 0 unspecified atom stereocenters. The maximum absolute atomic E-state index is 11.5. The number of aromatic carboxylic acids is 2. The molecule has 0 saturated carbocycles. The topological polar surface area (TPSA) is 127 Å². The van der Waals surface area contributed by atoms with Crippen LogP contribution >= 0.6 is 0 Å². The predicted molar refractivity (Wildman–Crippen MR) is 152 cm³/mol. The molecule has 1 rings (SSSR count). The number of carbonyl (C=O) groups is 4. The Morgan fingerprint density at radius 2 is 1.05 bits per heavy atom. The maximum atomic E-state index is 11.5. The van der Waals surface area contributed by atoms with E-state index < -0.39 is 17.9 Å². The third kappa shape index (κ3) is 21.5. The van der Waals surface area contributed by atoms with Crippen molar-refractivity contribution in [3.63, 3.8) is 0 Å². The lowest BCUT2D eigenvalue weighted by molar-refractivity contribution is -0.149. The number of benzene rings is 1. The molecule has 8 heteroatoms. The molecule has 0 aromatic heterocycles. The number of carbonyl (C=O) groups excluding carboxylic acids is 2. The van der Waals surface area contributed by atoms with E-state index in [0.717, 1.165) is 18.9 Å². The summed E-state index contributed by atoms with van der Waals surface area (Å²) in [5.74, 6) is -3.16. The standard InChI is InChI=1S/C23H42O4.C8H6O4/c1-3-5-6-7-8-9-10-11-12-13-14-15-16-17-18-19-23(25)27-21-20-26-22(24)4-2;9-7(10)5-3-1-2-4-6(5)8(11)12/h4H,2-3,5-21H2,1H3;1-4H,(H,9,10)(H,11,12). The van der Waals surface area contributed by atoms with E-state index in [9.17, 15) is 19.2 Å². The third-order valence-electron chi connectivity index (χ3n) is 6.13. The number of ether oxygens (including phenoxy) is 2. The second-order valence-electron chi connectivity index (χ2n) is 9.45. The molecule has 0 atom stereocenters. The smallest absolute Gasteiger partial charge is 0.336 e. The van der Waals surface area contributed by atoms with Gasteiger partial charge in [-0.1, -0.05) is 116 Å². The Bertz CT molecular complexity index is 801. The zero-order valence-electron chi connectivity index (χ0n) is 23.7. The van der Waals surface area contributed by atoms with Crippen molar-refractivity contribution in [2.24, 2.45) is 0 Å². The first-order valence-corrected chi connectivity index (χ1v) is 14.3. The average Bonchev–Trinajstić information content (AvgIpc) is 2.93. The second kappa shape index (κ2) is 25.1. The van der Waals surface area contributed by atoms with Gasteiger partial charge in [0.1, 0.15) is 13.2 Å². The summed E-state index contributed by atoms with van der Waals surface area (Å²) in [6.45, 7) is 5.78. The highest BCUT2D eigenvalue weighted by atomic mass is 16.6. The summed E-state index contributed by atoms with van der Waals surface area (Å²) >= 11 is 0. The Labute approximate surface area is 233 Å². The highest BCUT2D eigenvalue weighted by molar-refractivity contribution is 6.01. The second-order valence-corrected chi connectivity index (χ2v) is 9.45. The van der Waals surface area contributed by atoms with Crippen molar-refractivity contribution >= 4 is 23.9 Å². The van der Waals surface area contributed by atoms with Crippen molar-refractivity contribution in [1.29, 1.82) is 0 Å². The highest BCUT2D eigenvalue weighted by Gasteiger charge is 2.13. The quantitative estimate of drug-likeness (QED) is 0.0861. The van der Waals surface area contributed by atoms with Crippen LogP contribution in [-0.4, -0.2) is 47.3 Å². The van der Waals surface area contributed by atoms with Gasteiger partial charge in [0.15, 0.2) is 0 Å². The van der Waals surface area contributed by atoms with Crippen LogP contribution < -0.4 is 0 Å². The molecule has 0 bridgehead atoms. The van der Waals surface area contributed by atoms with E-state index in [4.69, 9.17) is 19.7 Å². The number of hydrogen-bond acceptors (Lipinski definition) is 6. The van der Waals surface area contributed by atoms with Gasteiger partial charge in [-0.05, 0) is 18.6 Å². The van der Waals surface area contributed by atoms with Crippen LogP contribution in [0.2, 0.25) is 0 Å². The molecule has 0 heterocycles. The van der Waals surface area contributed by atoms with Gasteiger partial charge in [-0.2, -0.15) is 0 Å². The zero-order valence-corrected chi connectivity index (χ0v) is 23.7. The monoisotopic (exact) mass is 548 g/mol. The SMILES string of the molecule is C=CC(=O)OCCOC(=O)CCCCCCCCCCCCCCCCC.O=C(O)c1ccccc1C(=O)O. The Balaban J connectivity index is 0.000000992. The van der Waals surface area contributed by atoms with E-state index in [2.05, 4.69) is 13.5 Å². The first kappa shape index (κ1) is 35.8. The molecule has 2 N–H and O–H groups in total. The van der Waals surface area contributed by atoms with Crippen molar-refractivity contribution in [3.8, 4) is 0 Å². The molecule has 0 aliphatic carbocycles. The van der Waals surface area contributed by atoms with E-state index in [1.165, 1.54) is 108 Å². The fourth-order valence-electron chi connectivity index (χ4n) is 3.93. The molecule has 39 heavy (non-hydrogen) atoms. The van der Waals surface area contributed by atoms with Gasteiger partial charge in [0.25, 0.3) is 0 Å². The Kier molecular flexibility index (Phi) is 23.1. The van der Waals surface area contributed by atoms with Gasteiger partial charge >= 0.3 is 23.9 Å². The molecule has 220 valence electrons. The average molecular weight is 549 g/mol. The number of carboxylic acid groups (broad SMARTS) is 2.